The fraction of sp³-hybridized carbons (Fsp3) is 0.286. The molecule has 1 heterocycles. The first-order chi connectivity index (χ1) is 8.69. The van der Waals surface area contributed by atoms with E-state index in [9.17, 15) is 0 Å². The molecule has 0 unspecified atom stereocenters. The summed E-state index contributed by atoms with van der Waals surface area (Å²) in [6.45, 7) is 2.85. The van der Waals surface area contributed by atoms with E-state index in [0.717, 1.165) is 21.8 Å². The van der Waals surface area contributed by atoms with Crippen molar-refractivity contribution >= 4 is 22.6 Å². The summed E-state index contributed by atoms with van der Waals surface area (Å²) < 4.78 is 11.7. The van der Waals surface area contributed by atoms with Crippen LogP contribution in [-0.4, -0.2) is 7.11 Å². The highest BCUT2D eigenvalue weighted by molar-refractivity contribution is 14.1. The lowest BCUT2D eigenvalue weighted by molar-refractivity contribution is 0.412. The Morgan fingerprint density at radius 3 is 2.83 bits per heavy atom. The van der Waals surface area contributed by atoms with Gasteiger partial charge in [-0.2, -0.15) is 0 Å². The van der Waals surface area contributed by atoms with Crippen LogP contribution in [0, 0.1) is 3.77 Å². The van der Waals surface area contributed by atoms with Gasteiger partial charge in [-0.25, -0.2) is 0 Å². The molecule has 0 fully saturated rings. The highest BCUT2D eigenvalue weighted by atomic mass is 127. The minimum atomic E-state index is 0.253. The molecule has 1 aromatic carbocycles. The van der Waals surface area contributed by atoms with Gasteiger partial charge >= 0.3 is 0 Å². The predicted octanol–water partition coefficient (Wildman–Crippen LogP) is 3.74. The third-order valence-electron chi connectivity index (χ3n) is 2.81. The Kier molecular flexibility index (Phi) is 4.66. The molecule has 0 aliphatic rings. The van der Waals surface area contributed by atoms with Gasteiger partial charge in [-0.05, 0) is 59.3 Å². The maximum Gasteiger partial charge on any atom is 0.164 e. The first-order valence-electron chi connectivity index (χ1n) is 5.80. The third-order valence-corrected chi connectivity index (χ3v) is 3.38. The number of halogens is 1. The van der Waals surface area contributed by atoms with Crippen LogP contribution < -0.4 is 10.1 Å². The van der Waals surface area contributed by atoms with E-state index in [1.807, 2.05) is 30.3 Å². The van der Waals surface area contributed by atoms with Crippen LogP contribution in [0.1, 0.15) is 24.3 Å². The van der Waals surface area contributed by atoms with Gasteiger partial charge in [0.05, 0.1) is 13.7 Å². The van der Waals surface area contributed by atoms with Crippen molar-refractivity contribution in [2.75, 3.05) is 7.11 Å². The highest BCUT2D eigenvalue weighted by Crippen LogP contribution is 2.19. The van der Waals surface area contributed by atoms with Crippen LogP contribution in [-0.2, 0) is 6.54 Å². The second-order valence-electron chi connectivity index (χ2n) is 4.09. The Morgan fingerprint density at radius 1 is 1.33 bits per heavy atom. The zero-order valence-corrected chi connectivity index (χ0v) is 12.6. The zero-order chi connectivity index (χ0) is 13.0. The topological polar surface area (TPSA) is 34.4 Å². The molecule has 0 bridgehead atoms. The quantitative estimate of drug-likeness (QED) is 0.828. The summed E-state index contributed by atoms with van der Waals surface area (Å²) in [7, 11) is 1.68. The number of furan rings is 1. The van der Waals surface area contributed by atoms with Crippen molar-refractivity contribution in [2.45, 2.75) is 19.5 Å². The van der Waals surface area contributed by atoms with Crippen molar-refractivity contribution in [3.05, 3.63) is 51.5 Å². The normalized spacial score (nSPS) is 12.4. The van der Waals surface area contributed by atoms with E-state index in [0.29, 0.717) is 0 Å². The summed E-state index contributed by atoms with van der Waals surface area (Å²) >= 11 is 2.17. The molecule has 0 amide bonds. The number of ether oxygens (including phenoxy) is 1. The fourth-order valence-electron chi connectivity index (χ4n) is 1.73. The van der Waals surface area contributed by atoms with Gasteiger partial charge < -0.3 is 14.5 Å². The SMILES string of the molecule is COc1cccc([C@H](C)NCc2ccc(I)o2)c1. The average molecular weight is 357 g/mol. The van der Waals surface area contributed by atoms with Crippen molar-refractivity contribution < 1.29 is 9.15 Å². The van der Waals surface area contributed by atoms with E-state index in [4.69, 9.17) is 9.15 Å². The van der Waals surface area contributed by atoms with Gasteiger partial charge in [0, 0.05) is 6.04 Å². The summed E-state index contributed by atoms with van der Waals surface area (Å²) in [5, 5.41) is 3.43. The Hall–Kier alpha value is -1.01. The van der Waals surface area contributed by atoms with E-state index in [-0.39, 0.29) is 6.04 Å². The molecule has 96 valence electrons. The van der Waals surface area contributed by atoms with Crippen LogP contribution in [0.15, 0.2) is 40.8 Å². The molecule has 0 aliphatic carbocycles. The van der Waals surface area contributed by atoms with E-state index in [1.165, 1.54) is 5.56 Å². The van der Waals surface area contributed by atoms with Crippen LogP contribution in [0.3, 0.4) is 0 Å². The predicted molar refractivity (Wildman–Crippen MR) is 79.7 cm³/mol. The van der Waals surface area contributed by atoms with Crippen LogP contribution in [0.25, 0.3) is 0 Å². The molecule has 0 spiro atoms. The molecule has 2 rings (SSSR count). The number of hydrogen-bond donors (Lipinski definition) is 1. The summed E-state index contributed by atoms with van der Waals surface area (Å²) in [6.07, 6.45) is 0. The minimum Gasteiger partial charge on any atom is -0.497 e. The summed E-state index contributed by atoms with van der Waals surface area (Å²) in [5.41, 5.74) is 1.20. The summed E-state index contributed by atoms with van der Waals surface area (Å²) in [4.78, 5) is 0. The van der Waals surface area contributed by atoms with Gasteiger partial charge in [-0.3, -0.25) is 0 Å². The maximum absolute atomic E-state index is 5.51. The lowest BCUT2D eigenvalue weighted by Gasteiger charge is -2.14. The van der Waals surface area contributed by atoms with Crippen molar-refractivity contribution in [1.82, 2.24) is 5.32 Å². The Morgan fingerprint density at radius 2 is 2.17 bits per heavy atom. The lowest BCUT2D eigenvalue weighted by atomic mass is 10.1. The molecular weight excluding hydrogens is 341 g/mol. The number of benzene rings is 1. The van der Waals surface area contributed by atoms with Gasteiger partial charge in [0.15, 0.2) is 3.77 Å². The van der Waals surface area contributed by atoms with Gasteiger partial charge in [-0.15, -0.1) is 0 Å². The molecule has 0 aliphatic heterocycles. The molecule has 3 nitrogen and oxygen atoms in total. The molecule has 1 aromatic heterocycles. The van der Waals surface area contributed by atoms with E-state index in [1.54, 1.807) is 7.11 Å². The minimum absolute atomic E-state index is 0.253. The van der Waals surface area contributed by atoms with Crippen molar-refractivity contribution in [3.63, 3.8) is 0 Å². The molecular formula is C14H16INO2. The van der Waals surface area contributed by atoms with Gasteiger partial charge in [0.1, 0.15) is 11.5 Å². The largest absolute Gasteiger partial charge is 0.497 e. The molecule has 4 heteroatoms. The summed E-state index contributed by atoms with van der Waals surface area (Å²) in [5.74, 6) is 1.84. The molecule has 18 heavy (non-hydrogen) atoms. The van der Waals surface area contributed by atoms with Crippen molar-refractivity contribution in [1.29, 1.82) is 0 Å². The number of nitrogens with one attached hydrogen (secondary N) is 1. The second kappa shape index (κ2) is 6.24. The number of hydrogen-bond acceptors (Lipinski definition) is 3. The van der Waals surface area contributed by atoms with Crippen LogP contribution >= 0.6 is 22.6 Å². The van der Waals surface area contributed by atoms with E-state index >= 15 is 0 Å². The Balaban J connectivity index is 1.96. The Bertz CT molecular complexity index is 510. The molecule has 0 saturated heterocycles. The van der Waals surface area contributed by atoms with Gasteiger partial charge in [0.2, 0.25) is 0 Å². The molecule has 2 aromatic rings. The molecule has 1 N–H and O–H groups in total. The molecule has 0 radical (unpaired) electrons. The van der Waals surface area contributed by atoms with Crippen LogP contribution in [0.4, 0.5) is 0 Å². The third kappa shape index (κ3) is 3.49. The lowest BCUT2D eigenvalue weighted by Crippen LogP contribution is -2.17. The Labute approximate surface area is 121 Å². The fourth-order valence-corrected chi connectivity index (χ4v) is 2.19. The average Bonchev–Trinajstić information content (AvgIpc) is 2.82. The van der Waals surface area contributed by atoms with Crippen LogP contribution in [0.5, 0.6) is 5.75 Å². The highest BCUT2D eigenvalue weighted by Gasteiger charge is 2.07. The monoisotopic (exact) mass is 357 g/mol. The standard InChI is InChI=1S/C14H16INO2/c1-10(11-4-3-5-12(8-11)17-2)16-9-13-6-7-14(15)18-13/h3-8,10,16H,9H2,1-2H3/t10-/m0/s1. The van der Waals surface area contributed by atoms with Crippen LogP contribution in [0.2, 0.25) is 0 Å². The van der Waals surface area contributed by atoms with E-state index in [2.05, 4.69) is 40.9 Å². The summed E-state index contributed by atoms with van der Waals surface area (Å²) in [6, 6.07) is 12.3. The molecule has 0 saturated carbocycles. The number of methoxy groups -OCH3 is 1. The smallest absolute Gasteiger partial charge is 0.164 e. The second-order valence-corrected chi connectivity index (χ2v) is 5.15. The first kappa shape index (κ1) is 13.4. The zero-order valence-electron chi connectivity index (χ0n) is 10.4. The van der Waals surface area contributed by atoms with Crippen molar-refractivity contribution in [3.8, 4) is 5.75 Å². The van der Waals surface area contributed by atoms with Crippen molar-refractivity contribution in [2.24, 2.45) is 0 Å². The van der Waals surface area contributed by atoms with Gasteiger partial charge in [0.25, 0.3) is 0 Å². The van der Waals surface area contributed by atoms with Gasteiger partial charge in [-0.1, -0.05) is 12.1 Å². The number of rotatable bonds is 5. The van der Waals surface area contributed by atoms with E-state index < -0.39 is 0 Å². The first-order valence-corrected chi connectivity index (χ1v) is 6.88. The molecule has 1 atom stereocenters. The maximum atomic E-state index is 5.51.